The van der Waals surface area contributed by atoms with Crippen LogP contribution in [0.2, 0.25) is 0 Å². The van der Waals surface area contributed by atoms with Crippen molar-refractivity contribution < 1.29 is 27.6 Å². The lowest BCUT2D eigenvalue weighted by Crippen LogP contribution is -2.50. The smallest absolute Gasteiger partial charge is 0.253 e. The predicted molar refractivity (Wildman–Crippen MR) is 124 cm³/mol. The summed E-state index contributed by atoms with van der Waals surface area (Å²) in [6, 6.07) is 11.3. The molecule has 1 aliphatic rings. The van der Waals surface area contributed by atoms with Crippen LogP contribution in [0.15, 0.2) is 51.9 Å². The summed E-state index contributed by atoms with van der Waals surface area (Å²) in [5.74, 6) is 0.877. The number of piperazine rings is 1. The third-order valence-electron chi connectivity index (χ3n) is 5.92. The van der Waals surface area contributed by atoms with Crippen LogP contribution in [0.3, 0.4) is 0 Å². The summed E-state index contributed by atoms with van der Waals surface area (Å²) in [5, 5.41) is 13.9. The maximum Gasteiger partial charge on any atom is 0.253 e. The molecule has 0 saturated carbocycles. The molecule has 2 aromatic carbocycles. The van der Waals surface area contributed by atoms with E-state index >= 15 is 0 Å². The number of nitrogens with zero attached hydrogens (tertiary/aromatic N) is 3. The van der Waals surface area contributed by atoms with Crippen molar-refractivity contribution in [3.8, 4) is 11.5 Å². The standard InChI is InChI=1S/C24H27N3O6S/c1-16-4-9-22(28)23(14-16)34(30,31)27-12-10-26(11-13-27)24(29)19-5-7-20(8-6-19)32-15-21-17(2)25-33-18(21)3/h4-9,14,28H,10-13,15H2,1-3H3. The van der Waals surface area contributed by atoms with E-state index in [1.807, 2.05) is 13.8 Å². The number of aryl methyl sites for hydroxylation is 3. The quantitative estimate of drug-likeness (QED) is 0.571. The van der Waals surface area contributed by atoms with E-state index < -0.39 is 10.0 Å². The molecule has 1 aliphatic heterocycles. The van der Waals surface area contributed by atoms with Gasteiger partial charge in [0.2, 0.25) is 10.0 Å². The summed E-state index contributed by atoms with van der Waals surface area (Å²) in [6.45, 7) is 6.59. The van der Waals surface area contributed by atoms with E-state index in [-0.39, 0.29) is 42.7 Å². The Balaban J connectivity index is 1.36. The first-order valence-corrected chi connectivity index (χ1v) is 12.3. The molecule has 0 spiro atoms. The number of hydrogen-bond acceptors (Lipinski definition) is 7. The maximum absolute atomic E-state index is 13.0. The zero-order valence-corrected chi connectivity index (χ0v) is 20.1. The summed E-state index contributed by atoms with van der Waals surface area (Å²) in [7, 11) is -3.85. The van der Waals surface area contributed by atoms with Crippen LogP contribution in [-0.4, -0.2) is 60.0 Å². The number of aromatic hydroxyl groups is 1. The lowest BCUT2D eigenvalue weighted by Gasteiger charge is -2.34. The van der Waals surface area contributed by atoms with Crippen LogP contribution in [0.1, 0.15) is 32.9 Å². The molecule has 0 aliphatic carbocycles. The average Bonchev–Trinajstić information content (AvgIpc) is 3.16. The molecule has 4 rings (SSSR count). The molecule has 2 heterocycles. The van der Waals surface area contributed by atoms with E-state index in [2.05, 4.69) is 5.16 Å². The second-order valence-corrected chi connectivity index (χ2v) is 10.2. The predicted octanol–water partition coefficient (Wildman–Crippen LogP) is 3.03. The van der Waals surface area contributed by atoms with Crippen LogP contribution in [0.5, 0.6) is 11.5 Å². The Hall–Kier alpha value is -3.37. The topological polar surface area (TPSA) is 113 Å². The highest BCUT2D eigenvalue weighted by atomic mass is 32.2. The van der Waals surface area contributed by atoms with E-state index in [0.717, 1.165) is 16.8 Å². The largest absolute Gasteiger partial charge is 0.507 e. The van der Waals surface area contributed by atoms with Gasteiger partial charge in [0, 0.05) is 31.7 Å². The van der Waals surface area contributed by atoms with Crippen molar-refractivity contribution in [1.82, 2.24) is 14.4 Å². The number of aromatic nitrogens is 1. The van der Waals surface area contributed by atoms with Gasteiger partial charge in [-0.3, -0.25) is 4.79 Å². The Morgan fingerprint density at radius 2 is 1.74 bits per heavy atom. The molecule has 1 aromatic heterocycles. The highest BCUT2D eigenvalue weighted by Gasteiger charge is 2.32. The minimum Gasteiger partial charge on any atom is -0.507 e. The highest BCUT2D eigenvalue weighted by Crippen LogP contribution is 2.27. The summed E-state index contributed by atoms with van der Waals surface area (Å²) in [6.07, 6.45) is 0. The van der Waals surface area contributed by atoms with Gasteiger partial charge in [-0.05, 0) is 62.7 Å². The van der Waals surface area contributed by atoms with Crippen molar-refractivity contribution in [1.29, 1.82) is 0 Å². The van der Waals surface area contributed by atoms with Crippen LogP contribution >= 0.6 is 0 Å². The minimum absolute atomic E-state index is 0.112. The van der Waals surface area contributed by atoms with Crippen molar-refractivity contribution in [2.75, 3.05) is 26.2 Å². The molecular formula is C24H27N3O6S. The van der Waals surface area contributed by atoms with Crippen molar-refractivity contribution in [2.45, 2.75) is 32.3 Å². The van der Waals surface area contributed by atoms with E-state index in [9.17, 15) is 18.3 Å². The first kappa shape index (κ1) is 23.8. The molecule has 0 radical (unpaired) electrons. The van der Waals surface area contributed by atoms with Crippen LogP contribution in [0.4, 0.5) is 0 Å². The van der Waals surface area contributed by atoms with E-state index in [1.54, 1.807) is 42.2 Å². The minimum atomic E-state index is -3.85. The van der Waals surface area contributed by atoms with Gasteiger partial charge < -0.3 is 19.3 Å². The van der Waals surface area contributed by atoms with Crippen molar-refractivity contribution >= 4 is 15.9 Å². The van der Waals surface area contributed by atoms with E-state index in [0.29, 0.717) is 23.7 Å². The lowest BCUT2D eigenvalue weighted by molar-refractivity contribution is 0.0697. The zero-order valence-electron chi connectivity index (χ0n) is 19.3. The molecular weight excluding hydrogens is 458 g/mol. The van der Waals surface area contributed by atoms with Gasteiger partial charge in [-0.2, -0.15) is 4.31 Å². The zero-order chi connectivity index (χ0) is 24.5. The van der Waals surface area contributed by atoms with Gasteiger partial charge >= 0.3 is 0 Å². The molecule has 0 unspecified atom stereocenters. The summed E-state index contributed by atoms with van der Waals surface area (Å²) in [4.78, 5) is 14.4. The summed E-state index contributed by atoms with van der Waals surface area (Å²) in [5.41, 5.74) is 2.91. The van der Waals surface area contributed by atoms with Crippen molar-refractivity contribution in [3.05, 3.63) is 70.6 Å². The van der Waals surface area contributed by atoms with E-state index in [1.165, 1.54) is 16.4 Å². The number of hydrogen-bond donors (Lipinski definition) is 1. The van der Waals surface area contributed by atoms with Gasteiger partial charge in [-0.1, -0.05) is 11.2 Å². The van der Waals surface area contributed by atoms with Crippen molar-refractivity contribution in [3.63, 3.8) is 0 Å². The monoisotopic (exact) mass is 485 g/mol. The van der Waals surface area contributed by atoms with Gasteiger partial charge in [0.15, 0.2) is 0 Å². The molecule has 1 amide bonds. The Bertz CT molecular complexity index is 1270. The SMILES string of the molecule is Cc1ccc(O)c(S(=O)(=O)N2CCN(C(=O)c3ccc(OCc4c(C)noc4C)cc3)CC2)c1. The Labute approximate surface area is 198 Å². The molecule has 10 heteroatoms. The first-order chi connectivity index (χ1) is 16.2. The number of phenolic OH excluding ortho intramolecular Hbond substituents is 1. The van der Waals surface area contributed by atoms with E-state index in [4.69, 9.17) is 9.26 Å². The third-order valence-corrected chi connectivity index (χ3v) is 7.85. The third kappa shape index (κ3) is 4.78. The Morgan fingerprint density at radius 3 is 2.35 bits per heavy atom. The summed E-state index contributed by atoms with van der Waals surface area (Å²) < 4.78 is 38.2. The fraction of sp³-hybridized carbons (Fsp3) is 0.333. The van der Waals surface area contributed by atoms with Crippen LogP contribution in [-0.2, 0) is 16.6 Å². The fourth-order valence-electron chi connectivity index (χ4n) is 3.84. The number of sulfonamides is 1. The van der Waals surface area contributed by atoms with Gasteiger partial charge in [0.05, 0.1) is 11.3 Å². The molecule has 1 saturated heterocycles. The number of amides is 1. The molecule has 34 heavy (non-hydrogen) atoms. The lowest BCUT2D eigenvalue weighted by atomic mass is 10.1. The fourth-order valence-corrected chi connectivity index (χ4v) is 5.43. The number of rotatable bonds is 6. The molecule has 9 nitrogen and oxygen atoms in total. The van der Waals surface area contributed by atoms with Crippen LogP contribution < -0.4 is 4.74 Å². The molecule has 180 valence electrons. The van der Waals surface area contributed by atoms with Gasteiger partial charge in [-0.15, -0.1) is 0 Å². The van der Waals surface area contributed by atoms with Gasteiger partial charge in [0.1, 0.15) is 28.8 Å². The van der Waals surface area contributed by atoms with Gasteiger partial charge in [-0.25, -0.2) is 8.42 Å². The average molecular weight is 486 g/mol. The maximum atomic E-state index is 13.0. The van der Waals surface area contributed by atoms with Crippen LogP contribution in [0.25, 0.3) is 0 Å². The van der Waals surface area contributed by atoms with Crippen molar-refractivity contribution in [2.24, 2.45) is 0 Å². The number of benzene rings is 2. The first-order valence-electron chi connectivity index (χ1n) is 10.9. The summed E-state index contributed by atoms with van der Waals surface area (Å²) >= 11 is 0. The highest BCUT2D eigenvalue weighted by molar-refractivity contribution is 7.89. The second-order valence-electron chi connectivity index (χ2n) is 8.28. The number of carbonyl (C=O) groups excluding carboxylic acids is 1. The van der Waals surface area contributed by atoms with Crippen LogP contribution in [0, 0.1) is 20.8 Å². The number of phenols is 1. The normalized spacial score (nSPS) is 14.9. The molecule has 0 atom stereocenters. The van der Waals surface area contributed by atoms with Gasteiger partial charge in [0.25, 0.3) is 5.91 Å². The molecule has 0 bridgehead atoms. The number of ether oxygens (including phenoxy) is 1. The Kier molecular flexibility index (Phi) is 6.63. The molecule has 1 fully saturated rings. The molecule has 1 N–H and O–H groups in total. The number of carbonyl (C=O) groups is 1. The molecule has 3 aromatic rings. The second kappa shape index (κ2) is 9.47. The Morgan fingerprint density at radius 1 is 1.06 bits per heavy atom.